The number of carbonyl (C=O) groups excluding carboxylic acids is 1. The maximum atomic E-state index is 12.3. The summed E-state index contributed by atoms with van der Waals surface area (Å²) >= 11 is 0. The molecule has 8 nitrogen and oxygen atoms in total. The minimum atomic E-state index is -2.93. The molecule has 4 N–H and O–H groups in total. The lowest BCUT2D eigenvalue weighted by Gasteiger charge is -2.29. The van der Waals surface area contributed by atoms with E-state index in [1.54, 1.807) is 19.1 Å². The average molecular weight is 479 g/mol. The summed E-state index contributed by atoms with van der Waals surface area (Å²) in [7, 11) is 1.86. The molecule has 2 aromatic rings. The fourth-order valence-corrected chi connectivity index (χ4v) is 3.45. The summed E-state index contributed by atoms with van der Waals surface area (Å²) in [6.07, 6.45) is 2.60. The van der Waals surface area contributed by atoms with Gasteiger partial charge in [0.15, 0.2) is 6.29 Å². The van der Waals surface area contributed by atoms with Crippen molar-refractivity contribution < 1.29 is 28.2 Å². The van der Waals surface area contributed by atoms with E-state index in [1.165, 1.54) is 24.4 Å². The molecule has 3 rings (SSSR count). The predicted octanol–water partition coefficient (Wildman–Crippen LogP) is 3.48. The third kappa shape index (κ3) is 7.28. The summed E-state index contributed by atoms with van der Waals surface area (Å²) in [5.74, 6) is -0.0323. The summed E-state index contributed by atoms with van der Waals surface area (Å²) in [4.78, 5) is 15.1. The predicted molar refractivity (Wildman–Crippen MR) is 126 cm³/mol. The van der Waals surface area contributed by atoms with Gasteiger partial charge in [-0.3, -0.25) is 15.2 Å². The zero-order valence-corrected chi connectivity index (χ0v) is 19.8. The van der Waals surface area contributed by atoms with Crippen molar-refractivity contribution >= 4 is 17.7 Å². The van der Waals surface area contributed by atoms with E-state index in [2.05, 4.69) is 20.4 Å². The Morgan fingerprint density at radius 1 is 1.32 bits per heavy atom. The molecule has 0 aliphatic carbocycles. The van der Waals surface area contributed by atoms with Crippen molar-refractivity contribution in [3.8, 4) is 5.75 Å². The van der Waals surface area contributed by atoms with Gasteiger partial charge in [0, 0.05) is 30.0 Å². The van der Waals surface area contributed by atoms with Crippen molar-refractivity contribution in [3.05, 3.63) is 53.3 Å². The minimum absolute atomic E-state index is 0.0323. The van der Waals surface area contributed by atoms with E-state index in [-0.39, 0.29) is 29.1 Å². The Morgan fingerprint density at radius 3 is 2.56 bits per heavy atom. The average Bonchev–Trinajstić information content (AvgIpc) is 3.29. The molecule has 0 saturated carbocycles. The molecule has 1 saturated heterocycles. The number of likely N-dealkylation sites (N-methyl/N-ethyl adjacent to an activating group) is 1. The minimum Gasteiger partial charge on any atom is -0.435 e. The van der Waals surface area contributed by atoms with Gasteiger partial charge in [-0.25, -0.2) is 0 Å². The Morgan fingerprint density at radius 2 is 2.06 bits per heavy atom. The lowest BCUT2D eigenvalue weighted by molar-refractivity contribution is -0.0498. The van der Waals surface area contributed by atoms with Gasteiger partial charge in [0.25, 0.3) is 0 Å². The van der Waals surface area contributed by atoms with Crippen LogP contribution < -0.4 is 15.4 Å². The molecule has 1 aliphatic rings. The maximum absolute atomic E-state index is 12.3. The Labute approximate surface area is 198 Å². The van der Waals surface area contributed by atoms with Crippen molar-refractivity contribution in [1.29, 1.82) is 5.41 Å². The SMILES string of the molecule is CC(C)Nc1cc(C=O)cnc1C(=N)c1cccc(OC(F)F)c1.CNC1(C(C)O)CCOC1. The van der Waals surface area contributed by atoms with Gasteiger partial charge in [0.1, 0.15) is 11.4 Å². The maximum Gasteiger partial charge on any atom is 0.387 e. The molecule has 0 spiro atoms. The molecular weight excluding hydrogens is 446 g/mol. The number of nitrogens with one attached hydrogen (secondary N) is 3. The molecule has 1 aromatic heterocycles. The Kier molecular flexibility index (Phi) is 10.0. The van der Waals surface area contributed by atoms with Crippen LogP contribution in [-0.2, 0) is 4.74 Å². The molecular formula is C24H32F2N4O4. The van der Waals surface area contributed by atoms with Crippen molar-refractivity contribution in [2.45, 2.75) is 51.5 Å². The van der Waals surface area contributed by atoms with Crippen molar-refractivity contribution in [1.82, 2.24) is 10.3 Å². The first-order chi connectivity index (χ1) is 16.1. The molecule has 0 radical (unpaired) electrons. The number of aliphatic hydroxyl groups excluding tert-OH is 1. The summed E-state index contributed by atoms with van der Waals surface area (Å²) < 4.78 is 34.2. The molecule has 2 unspecified atom stereocenters. The molecule has 1 fully saturated rings. The highest BCUT2D eigenvalue weighted by molar-refractivity contribution is 6.13. The number of aldehydes is 1. The quantitative estimate of drug-likeness (QED) is 0.322. The lowest BCUT2D eigenvalue weighted by Crippen LogP contribution is -2.52. The zero-order chi connectivity index (χ0) is 25.3. The van der Waals surface area contributed by atoms with E-state index in [0.717, 1.165) is 13.0 Å². The standard InChI is InChI=1S/C17H17F2N3O2.C7H15NO2/c1-10(2)22-14-6-11(9-23)8-21-16(14)15(20)12-4-3-5-13(7-12)24-17(18)19;1-6(9)7(8-2)3-4-10-5-7/h3-10,17,20,22H,1-2H3;6,8-9H,3-5H2,1-2H3. The number of pyridine rings is 1. The summed E-state index contributed by atoms with van der Waals surface area (Å²) in [5, 5.41) is 23.9. The zero-order valence-electron chi connectivity index (χ0n) is 19.8. The van der Waals surface area contributed by atoms with Gasteiger partial charge in [0.2, 0.25) is 0 Å². The van der Waals surface area contributed by atoms with Crippen molar-refractivity contribution in [2.24, 2.45) is 0 Å². The highest BCUT2D eigenvalue weighted by Gasteiger charge is 2.37. The van der Waals surface area contributed by atoms with Crippen LogP contribution >= 0.6 is 0 Å². The van der Waals surface area contributed by atoms with Gasteiger partial charge < -0.3 is 25.2 Å². The van der Waals surface area contributed by atoms with E-state index < -0.39 is 6.61 Å². The van der Waals surface area contributed by atoms with Crippen molar-refractivity contribution in [2.75, 3.05) is 25.6 Å². The number of benzene rings is 1. The third-order valence-corrected chi connectivity index (χ3v) is 5.42. The highest BCUT2D eigenvalue weighted by atomic mass is 19.3. The summed E-state index contributed by atoms with van der Waals surface area (Å²) in [6.45, 7) is 4.08. The number of nitrogens with zero attached hydrogens (tertiary/aromatic N) is 1. The second kappa shape index (κ2) is 12.5. The number of halogens is 2. The summed E-state index contributed by atoms with van der Waals surface area (Å²) in [5.41, 5.74) is 1.47. The van der Waals surface area contributed by atoms with Crippen LogP contribution in [0.15, 0.2) is 36.5 Å². The normalized spacial score (nSPS) is 18.3. The van der Waals surface area contributed by atoms with Crippen LogP contribution in [0.5, 0.6) is 5.75 Å². The number of hydrogen-bond acceptors (Lipinski definition) is 8. The molecule has 34 heavy (non-hydrogen) atoms. The molecule has 2 heterocycles. The molecule has 0 amide bonds. The fraction of sp³-hybridized carbons (Fsp3) is 0.458. The highest BCUT2D eigenvalue weighted by Crippen LogP contribution is 2.23. The van der Waals surface area contributed by atoms with Crippen LogP contribution in [-0.4, -0.2) is 66.6 Å². The van der Waals surface area contributed by atoms with E-state index in [4.69, 9.17) is 10.1 Å². The first-order valence-electron chi connectivity index (χ1n) is 10.9. The van der Waals surface area contributed by atoms with Crippen LogP contribution in [0.3, 0.4) is 0 Å². The van der Waals surface area contributed by atoms with Gasteiger partial charge in [-0.1, -0.05) is 12.1 Å². The van der Waals surface area contributed by atoms with Crippen LogP contribution in [0.2, 0.25) is 0 Å². The van der Waals surface area contributed by atoms with Crippen LogP contribution in [0.4, 0.5) is 14.5 Å². The number of aromatic nitrogens is 1. The number of hydrogen-bond donors (Lipinski definition) is 4. The number of aliphatic hydroxyl groups is 1. The van der Waals surface area contributed by atoms with Crippen LogP contribution in [0, 0.1) is 5.41 Å². The largest absolute Gasteiger partial charge is 0.435 e. The molecule has 1 aliphatic heterocycles. The Hall–Kier alpha value is -2.95. The van der Waals surface area contributed by atoms with Gasteiger partial charge >= 0.3 is 6.61 Å². The first-order valence-corrected chi connectivity index (χ1v) is 10.9. The molecule has 0 bridgehead atoms. The van der Waals surface area contributed by atoms with E-state index in [9.17, 15) is 18.7 Å². The monoisotopic (exact) mass is 478 g/mol. The molecule has 2 atom stereocenters. The van der Waals surface area contributed by atoms with Crippen LogP contribution in [0.1, 0.15) is 48.8 Å². The first kappa shape index (κ1) is 27.3. The van der Waals surface area contributed by atoms with E-state index in [1.807, 2.05) is 20.9 Å². The Balaban J connectivity index is 0.000000340. The number of anilines is 1. The van der Waals surface area contributed by atoms with E-state index in [0.29, 0.717) is 35.4 Å². The number of alkyl halides is 2. The topological polar surface area (TPSA) is 117 Å². The van der Waals surface area contributed by atoms with Gasteiger partial charge in [0.05, 0.1) is 29.6 Å². The lowest BCUT2D eigenvalue weighted by atomic mass is 9.93. The van der Waals surface area contributed by atoms with Gasteiger partial charge in [-0.05, 0) is 52.4 Å². The van der Waals surface area contributed by atoms with E-state index >= 15 is 0 Å². The van der Waals surface area contributed by atoms with Crippen molar-refractivity contribution in [3.63, 3.8) is 0 Å². The second-order valence-electron chi connectivity index (χ2n) is 8.25. The van der Waals surface area contributed by atoms with Gasteiger partial charge in [-0.2, -0.15) is 8.78 Å². The number of carbonyl (C=O) groups is 1. The molecule has 10 heteroatoms. The number of ether oxygens (including phenoxy) is 2. The van der Waals surface area contributed by atoms with Crippen LogP contribution in [0.25, 0.3) is 0 Å². The Bertz CT molecular complexity index is 964. The number of rotatable bonds is 9. The second-order valence-corrected chi connectivity index (χ2v) is 8.25. The molecule has 186 valence electrons. The summed E-state index contributed by atoms with van der Waals surface area (Å²) in [6, 6.07) is 7.53. The van der Waals surface area contributed by atoms with Gasteiger partial charge in [-0.15, -0.1) is 0 Å². The fourth-order valence-electron chi connectivity index (χ4n) is 3.45. The smallest absolute Gasteiger partial charge is 0.387 e. The third-order valence-electron chi connectivity index (χ3n) is 5.42. The molecule has 1 aromatic carbocycles.